The summed E-state index contributed by atoms with van der Waals surface area (Å²) in [5, 5.41) is 6.72. The van der Waals surface area contributed by atoms with Crippen molar-refractivity contribution in [2.24, 2.45) is 5.92 Å². The maximum Gasteiger partial charge on any atom is 0.341 e. The molecule has 29 heavy (non-hydrogen) atoms. The molecule has 2 N–H and O–H groups in total. The van der Waals surface area contributed by atoms with Gasteiger partial charge in [0.2, 0.25) is 0 Å². The largest absolute Gasteiger partial charge is 0.462 e. The molecule has 2 heterocycles. The average molecular weight is 396 g/mol. The van der Waals surface area contributed by atoms with Gasteiger partial charge in [0.15, 0.2) is 0 Å². The van der Waals surface area contributed by atoms with E-state index in [-0.39, 0.29) is 5.97 Å². The van der Waals surface area contributed by atoms with Gasteiger partial charge < -0.3 is 25.0 Å². The monoisotopic (exact) mass is 396 g/mol. The fourth-order valence-electron chi connectivity index (χ4n) is 3.34. The average Bonchev–Trinajstić information content (AvgIpc) is 3.58. The lowest BCUT2D eigenvalue weighted by Crippen LogP contribution is -2.36. The number of pyridine rings is 1. The molecule has 1 saturated carbocycles. The number of hydrogen-bond donors (Lipinski definition) is 2. The van der Waals surface area contributed by atoms with Crippen LogP contribution in [0.4, 0.5) is 22.9 Å². The van der Waals surface area contributed by atoms with E-state index in [1.807, 2.05) is 18.2 Å². The standard InChI is InChI=1S/C22H28N4O3/c1-2-29-22(27)19-15-24-21(13-20(19)23-14-16-3-4-16)25-17-5-7-18(8-6-17)26-9-11-28-12-10-26/h5-8,13,15-16H,2-4,9-12,14H2,1H3,(H2,23,24,25). The first-order valence-corrected chi connectivity index (χ1v) is 10.3. The smallest absolute Gasteiger partial charge is 0.341 e. The Hall–Kier alpha value is -2.80. The molecule has 2 fully saturated rings. The molecule has 0 unspecified atom stereocenters. The zero-order valence-electron chi connectivity index (χ0n) is 16.8. The van der Waals surface area contributed by atoms with Crippen LogP contribution in [0.1, 0.15) is 30.1 Å². The fourth-order valence-corrected chi connectivity index (χ4v) is 3.34. The van der Waals surface area contributed by atoms with Crippen LogP contribution in [0.15, 0.2) is 36.5 Å². The number of esters is 1. The highest BCUT2D eigenvalue weighted by Gasteiger charge is 2.22. The highest BCUT2D eigenvalue weighted by Crippen LogP contribution is 2.30. The Bertz CT molecular complexity index is 830. The van der Waals surface area contributed by atoms with Crippen molar-refractivity contribution in [1.82, 2.24) is 4.98 Å². The Morgan fingerprint density at radius 2 is 2.00 bits per heavy atom. The van der Waals surface area contributed by atoms with Gasteiger partial charge in [-0.05, 0) is 49.9 Å². The van der Waals surface area contributed by atoms with Crippen LogP contribution in [0, 0.1) is 5.92 Å². The van der Waals surface area contributed by atoms with Crippen LogP contribution in [-0.2, 0) is 9.47 Å². The maximum atomic E-state index is 12.2. The minimum absolute atomic E-state index is 0.344. The van der Waals surface area contributed by atoms with Crippen LogP contribution < -0.4 is 15.5 Å². The first kappa shape index (κ1) is 19.5. The summed E-state index contributed by atoms with van der Waals surface area (Å²) < 4.78 is 10.6. The summed E-state index contributed by atoms with van der Waals surface area (Å²) in [5.74, 6) is 1.04. The molecule has 0 bridgehead atoms. The summed E-state index contributed by atoms with van der Waals surface area (Å²) >= 11 is 0. The van der Waals surface area contributed by atoms with E-state index in [4.69, 9.17) is 9.47 Å². The van der Waals surface area contributed by atoms with Crippen LogP contribution in [0.5, 0.6) is 0 Å². The van der Waals surface area contributed by atoms with Gasteiger partial charge in [-0.25, -0.2) is 9.78 Å². The number of morpholine rings is 1. The van der Waals surface area contributed by atoms with Crippen molar-refractivity contribution in [2.45, 2.75) is 19.8 Å². The van der Waals surface area contributed by atoms with Crippen LogP contribution >= 0.6 is 0 Å². The summed E-state index contributed by atoms with van der Waals surface area (Å²) in [7, 11) is 0. The molecule has 1 aromatic heterocycles. The van der Waals surface area contributed by atoms with Gasteiger partial charge >= 0.3 is 5.97 Å². The molecule has 0 radical (unpaired) electrons. The Labute approximate surface area is 171 Å². The summed E-state index contributed by atoms with van der Waals surface area (Å²) in [5.41, 5.74) is 3.38. The fraction of sp³-hybridized carbons (Fsp3) is 0.455. The number of carbonyl (C=O) groups is 1. The molecule has 1 aromatic carbocycles. The minimum atomic E-state index is -0.347. The summed E-state index contributed by atoms with van der Waals surface area (Å²) in [6.07, 6.45) is 4.07. The first-order valence-electron chi connectivity index (χ1n) is 10.3. The zero-order valence-corrected chi connectivity index (χ0v) is 16.8. The molecule has 154 valence electrons. The van der Waals surface area contributed by atoms with Crippen molar-refractivity contribution < 1.29 is 14.3 Å². The van der Waals surface area contributed by atoms with Crippen LogP contribution in [0.2, 0.25) is 0 Å². The number of benzene rings is 1. The number of nitrogens with one attached hydrogen (secondary N) is 2. The first-order chi connectivity index (χ1) is 14.2. The zero-order chi connectivity index (χ0) is 20.1. The van der Waals surface area contributed by atoms with E-state index in [0.29, 0.717) is 23.9 Å². The van der Waals surface area contributed by atoms with Gasteiger partial charge in [0, 0.05) is 43.3 Å². The quantitative estimate of drug-likeness (QED) is 0.660. The lowest BCUT2D eigenvalue weighted by atomic mass is 10.2. The normalized spacial score (nSPS) is 16.4. The van der Waals surface area contributed by atoms with E-state index in [1.54, 1.807) is 13.1 Å². The third kappa shape index (κ3) is 5.17. The SMILES string of the molecule is CCOC(=O)c1cnc(Nc2ccc(N3CCOCC3)cc2)cc1NCC1CC1. The molecule has 0 amide bonds. The molecule has 0 atom stereocenters. The molecule has 4 rings (SSSR count). The van der Waals surface area contributed by atoms with E-state index in [2.05, 4.69) is 32.7 Å². The second-order valence-corrected chi connectivity index (χ2v) is 7.43. The molecule has 1 saturated heterocycles. The molecular formula is C22H28N4O3. The van der Waals surface area contributed by atoms with Crippen LogP contribution in [0.3, 0.4) is 0 Å². The Kier molecular flexibility index (Phi) is 6.14. The molecule has 2 aromatic rings. The Morgan fingerprint density at radius 3 is 2.69 bits per heavy atom. The number of hydrogen-bond acceptors (Lipinski definition) is 7. The summed E-state index contributed by atoms with van der Waals surface area (Å²) in [6, 6.07) is 10.2. The van der Waals surface area contributed by atoms with Gasteiger partial charge in [-0.15, -0.1) is 0 Å². The van der Waals surface area contributed by atoms with Gasteiger partial charge in [0.05, 0.1) is 25.5 Å². The Balaban J connectivity index is 1.46. The van der Waals surface area contributed by atoms with Gasteiger partial charge in [0.1, 0.15) is 11.4 Å². The molecule has 7 nitrogen and oxygen atoms in total. The highest BCUT2D eigenvalue weighted by molar-refractivity contribution is 5.96. The molecule has 1 aliphatic heterocycles. The van der Waals surface area contributed by atoms with Gasteiger partial charge in [-0.2, -0.15) is 0 Å². The lowest BCUT2D eigenvalue weighted by molar-refractivity contribution is 0.0527. The van der Waals surface area contributed by atoms with Gasteiger partial charge in [0.25, 0.3) is 0 Å². The molecule has 2 aliphatic rings. The van der Waals surface area contributed by atoms with Crippen molar-refractivity contribution >= 4 is 28.8 Å². The second-order valence-electron chi connectivity index (χ2n) is 7.43. The highest BCUT2D eigenvalue weighted by atomic mass is 16.5. The predicted molar refractivity (Wildman–Crippen MR) is 114 cm³/mol. The van der Waals surface area contributed by atoms with E-state index >= 15 is 0 Å². The number of aromatic nitrogens is 1. The minimum Gasteiger partial charge on any atom is -0.462 e. The molecule has 0 spiro atoms. The number of rotatable bonds is 8. The van der Waals surface area contributed by atoms with E-state index in [1.165, 1.54) is 18.5 Å². The van der Waals surface area contributed by atoms with E-state index in [9.17, 15) is 4.79 Å². The van der Waals surface area contributed by atoms with Crippen molar-refractivity contribution in [1.29, 1.82) is 0 Å². The Morgan fingerprint density at radius 1 is 1.24 bits per heavy atom. The number of ether oxygens (including phenoxy) is 2. The molecular weight excluding hydrogens is 368 g/mol. The van der Waals surface area contributed by atoms with E-state index in [0.717, 1.165) is 44.2 Å². The molecule has 1 aliphatic carbocycles. The van der Waals surface area contributed by atoms with Crippen molar-refractivity contribution in [2.75, 3.05) is 55.0 Å². The number of anilines is 4. The van der Waals surface area contributed by atoms with Crippen LogP contribution in [-0.4, -0.2) is 50.4 Å². The third-order valence-corrected chi connectivity index (χ3v) is 5.19. The molecule has 7 heteroatoms. The van der Waals surface area contributed by atoms with Crippen LogP contribution in [0.25, 0.3) is 0 Å². The summed E-state index contributed by atoms with van der Waals surface area (Å²) in [4.78, 5) is 19.0. The second kappa shape index (κ2) is 9.13. The number of nitrogens with zero attached hydrogens (tertiary/aromatic N) is 2. The summed E-state index contributed by atoms with van der Waals surface area (Å²) in [6.45, 7) is 6.39. The maximum absolute atomic E-state index is 12.2. The van der Waals surface area contributed by atoms with Gasteiger partial charge in [-0.1, -0.05) is 0 Å². The predicted octanol–water partition coefficient (Wildman–Crippen LogP) is 3.66. The van der Waals surface area contributed by atoms with Crippen molar-refractivity contribution in [3.63, 3.8) is 0 Å². The topological polar surface area (TPSA) is 75.7 Å². The van der Waals surface area contributed by atoms with Gasteiger partial charge in [-0.3, -0.25) is 0 Å². The van der Waals surface area contributed by atoms with E-state index < -0.39 is 0 Å². The van der Waals surface area contributed by atoms with Crippen molar-refractivity contribution in [3.8, 4) is 0 Å². The van der Waals surface area contributed by atoms with Crippen molar-refractivity contribution in [3.05, 3.63) is 42.1 Å². The number of carbonyl (C=O) groups excluding carboxylic acids is 1. The lowest BCUT2D eigenvalue weighted by Gasteiger charge is -2.28. The third-order valence-electron chi connectivity index (χ3n) is 5.19.